The second kappa shape index (κ2) is 9.79. The Hall–Kier alpha value is -1.78. The highest BCUT2D eigenvalue weighted by Gasteiger charge is 2.29. The highest BCUT2D eigenvalue weighted by atomic mass is 32.2. The summed E-state index contributed by atoms with van der Waals surface area (Å²) < 4.78 is 38.7. The molecule has 0 N–H and O–H groups in total. The van der Waals surface area contributed by atoms with Crippen molar-refractivity contribution in [2.24, 2.45) is 0 Å². The molecule has 0 aliphatic carbocycles. The molecule has 2 saturated heterocycles. The van der Waals surface area contributed by atoms with Gasteiger partial charge in [0.15, 0.2) is 0 Å². The maximum atomic E-state index is 13.6. The zero-order valence-corrected chi connectivity index (χ0v) is 19.3. The van der Waals surface area contributed by atoms with Gasteiger partial charge in [-0.05, 0) is 48.9 Å². The Bertz CT molecular complexity index is 995. The van der Waals surface area contributed by atoms with E-state index in [0.717, 1.165) is 29.9 Å². The highest BCUT2D eigenvalue weighted by Crippen LogP contribution is 2.24. The van der Waals surface area contributed by atoms with Gasteiger partial charge in [-0.3, -0.25) is 4.79 Å². The van der Waals surface area contributed by atoms with Crippen LogP contribution in [0.15, 0.2) is 40.6 Å². The number of hydrogen-bond acceptors (Lipinski definition) is 6. The lowest BCUT2D eigenvalue weighted by atomic mass is 10.1. The number of nitrogens with zero attached hydrogens (tertiary/aromatic N) is 2. The van der Waals surface area contributed by atoms with Crippen LogP contribution in [0.3, 0.4) is 0 Å². The molecule has 9 heteroatoms. The van der Waals surface area contributed by atoms with Gasteiger partial charge in [0.25, 0.3) is 5.91 Å². The summed E-state index contributed by atoms with van der Waals surface area (Å²) in [5.41, 5.74) is 1.18. The fourth-order valence-electron chi connectivity index (χ4n) is 3.94. The molecule has 1 aromatic heterocycles. The lowest BCUT2D eigenvalue weighted by Crippen LogP contribution is -2.41. The molecule has 0 bridgehead atoms. The van der Waals surface area contributed by atoms with Gasteiger partial charge in [0, 0.05) is 36.7 Å². The number of morpholine rings is 1. The smallest absolute Gasteiger partial charge is 0.254 e. The van der Waals surface area contributed by atoms with Crippen molar-refractivity contribution in [1.29, 1.82) is 0 Å². The van der Waals surface area contributed by atoms with Gasteiger partial charge in [-0.15, -0.1) is 11.3 Å². The fourth-order valence-corrected chi connectivity index (χ4v) is 6.10. The van der Waals surface area contributed by atoms with Crippen molar-refractivity contribution in [2.45, 2.75) is 37.3 Å². The largest absolute Gasteiger partial charge is 0.379 e. The molecule has 3 heterocycles. The number of sulfonamides is 1. The molecule has 1 amide bonds. The third-order valence-electron chi connectivity index (χ3n) is 5.71. The van der Waals surface area contributed by atoms with Gasteiger partial charge in [0.05, 0.1) is 30.8 Å². The number of amides is 1. The third kappa shape index (κ3) is 5.18. The Morgan fingerprint density at radius 2 is 2.03 bits per heavy atom. The van der Waals surface area contributed by atoms with Gasteiger partial charge in [0.1, 0.15) is 0 Å². The summed E-state index contributed by atoms with van der Waals surface area (Å²) in [6, 6.07) is 8.80. The lowest BCUT2D eigenvalue weighted by Gasteiger charge is -2.27. The second-order valence-electron chi connectivity index (χ2n) is 7.89. The van der Waals surface area contributed by atoms with Crippen molar-refractivity contribution in [3.05, 3.63) is 51.7 Å². The second-order valence-corrected chi connectivity index (χ2v) is 10.9. The van der Waals surface area contributed by atoms with Crippen LogP contribution in [0.5, 0.6) is 0 Å². The van der Waals surface area contributed by atoms with E-state index in [0.29, 0.717) is 45.0 Å². The number of hydrogen-bond donors (Lipinski definition) is 0. The summed E-state index contributed by atoms with van der Waals surface area (Å²) in [7, 11) is -3.67. The molecule has 1 aromatic carbocycles. The van der Waals surface area contributed by atoms with Crippen molar-refractivity contribution in [3.63, 3.8) is 0 Å². The highest BCUT2D eigenvalue weighted by molar-refractivity contribution is 7.89. The number of benzene rings is 1. The van der Waals surface area contributed by atoms with Gasteiger partial charge in [0.2, 0.25) is 10.0 Å². The van der Waals surface area contributed by atoms with E-state index in [1.165, 1.54) is 10.4 Å². The van der Waals surface area contributed by atoms with Crippen LogP contribution in [0, 0.1) is 6.92 Å². The maximum absolute atomic E-state index is 13.6. The Morgan fingerprint density at radius 3 is 2.71 bits per heavy atom. The molecule has 2 aliphatic rings. The van der Waals surface area contributed by atoms with E-state index >= 15 is 0 Å². The first kappa shape index (κ1) is 22.4. The van der Waals surface area contributed by atoms with Crippen molar-refractivity contribution in [2.75, 3.05) is 39.5 Å². The first-order valence-electron chi connectivity index (χ1n) is 10.6. The Balaban J connectivity index is 1.62. The molecule has 31 heavy (non-hydrogen) atoms. The Labute approximate surface area is 187 Å². The number of carbonyl (C=O) groups excluding carboxylic acids is 1. The SMILES string of the molecule is Cc1ccc(S(=O)(=O)N2CCOCC2)cc1C(=O)N(Cc1cccs1)CC1CCCO1. The van der Waals surface area contributed by atoms with Crippen molar-refractivity contribution in [1.82, 2.24) is 9.21 Å². The normalized spacial score (nSPS) is 20.1. The van der Waals surface area contributed by atoms with Crippen LogP contribution >= 0.6 is 11.3 Å². The van der Waals surface area contributed by atoms with Crippen LogP contribution in [0.25, 0.3) is 0 Å². The zero-order chi connectivity index (χ0) is 21.8. The Kier molecular flexibility index (Phi) is 7.08. The zero-order valence-electron chi connectivity index (χ0n) is 17.7. The molecule has 2 aliphatic heterocycles. The van der Waals surface area contributed by atoms with E-state index in [1.807, 2.05) is 24.4 Å². The molecule has 2 aromatic rings. The molecule has 0 spiro atoms. The molecule has 1 atom stereocenters. The Morgan fingerprint density at radius 1 is 1.23 bits per heavy atom. The predicted octanol–water partition coefficient (Wildman–Crippen LogP) is 2.90. The molecule has 168 valence electrons. The van der Waals surface area contributed by atoms with Crippen LogP contribution in [0.1, 0.15) is 33.6 Å². The number of rotatable bonds is 7. The molecule has 0 radical (unpaired) electrons. The summed E-state index contributed by atoms with van der Waals surface area (Å²) in [4.78, 5) is 16.6. The number of carbonyl (C=O) groups is 1. The van der Waals surface area contributed by atoms with Crippen molar-refractivity contribution in [3.8, 4) is 0 Å². The summed E-state index contributed by atoms with van der Waals surface area (Å²) in [5, 5.41) is 1.99. The van der Waals surface area contributed by atoms with E-state index in [9.17, 15) is 13.2 Å². The van der Waals surface area contributed by atoms with Crippen molar-refractivity contribution < 1.29 is 22.7 Å². The first-order chi connectivity index (χ1) is 14.9. The van der Waals surface area contributed by atoms with Crippen LogP contribution in [-0.4, -0.2) is 69.1 Å². The van der Waals surface area contributed by atoms with Gasteiger partial charge in [-0.2, -0.15) is 4.31 Å². The van der Waals surface area contributed by atoms with Crippen LogP contribution in [0.2, 0.25) is 0 Å². The van der Waals surface area contributed by atoms with Crippen LogP contribution < -0.4 is 0 Å². The fraction of sp³-hybridized carbons (Fsp3) is 0.500. The summed E-state index contributed by atoms with van der Waals surface area (Å²) in [6.45, 7) is 4.95. The summed E-state index contributed by atoms with van der Waals surface area (Å²) >= 11 is 1.60. The van der Waals surface area contributed by atoms with Gasteiger partial charge < -0.3 is 14.4 Å². The van der Waals surface area contributed by atoms with E-state index in [1.54, 1.807) is 28.4 Å². The summed E-state index contributed by atoms with van der Waals surface area (Å²) in [5.74, 6) is -0.166. The lowest BCUT2D eigenvalue weighted by molar-refractivity contribution is 0.0509. The average Bonchev–Trinajstić information content (AvgIpc) is 3.48. The van der Waals surface area contributed by atoms with E-state index in [2.05, 4.69) is 0 Å². The maximum Gasteiger partial charge on any atom is 0.254 e. The van der Waals surface area contributed by atoms with Crippen molar-refractivity contribution >= 4 is 27.3 Å². The molecule has 4 rings (SSSR count). The third-order valence-corrected chi connectivity index (χ3v) is 8.47. The topological polar surface area (TPSA) is 76.2 Å². The molecular weight excluding hydrogens is 436 g/mol. The van der Waals surface area contributed by atoms with Gasteiger partial charge in [-0.25, -0.2) is 8.42 Å². The quantitative estimate of drug-likeness (QED) is 0.630. The van der Waals surface area contributed by atoms with E-state index in [-0.39, 0.29) is 16.9 Å². The molecule has 0 saturated carbocycles. The standard InChI is InChI=1S/C22H28N2O5S2/c1-17-6-7-20(31(26,27)24-8-11-28-12-9-24)14-21(17)22(25)23(15-18-4-2-10-29-18)16-19-5-3-13-30-19/h3,5-7,13-14,18H,2,4,8-12,15-16H2,1H3. The minimum Gasteiger partial charge on any atom is -0.379 e. The summed E-state index contributed by atoms with van der Waals surface area (Å²) in [6.07, 6.45) is 1.95. The molecule has 7 nitrogen and oxygen atoms in total. The number of aryl methyl sites for hydroxylation is 1. The van der Waals surface area contributed by atoms with Gasteiger partial charge >= 0.3 is 0 Å². The predicted molar refractivity (Wildman–Crippen MR) is 119 cm³/mol. The molecule has 2 fully saturated rings. The monoisotopic (exact) mass is 464 g/mol. The van der Waals surface area contributed by atoms with E-state index < -0.39 is 10.0 Å². The molecule has 1 unspecified atom stereocenters. The van der Waals surface area contributed by atoms with E-state index in [4.69, 9.17) is 9.47 Å². The minimum atomic E-state index is -3.67. The number of thiophene rings is 1. The van der Waals surface area contributed by atoms with Gasteiger partial charge in [-0.1, -0.05) is 12.1 Å². The van der Waals surface area contributed by atoms with Crippen LogP contribution in [-0.2, 0) is 26.0 Å². The molecular formula is C22H28N2O5S2. The average molecular weight is 465 g/mol. The number of ether oxygens (including phenoxy) is 2. The first-order valence-corrected chi connectivity index (χ1v) is 12.9. The van der Waals surface area contributed by atoms with Crippen LogP contribution in [0.4, 0.5) is 0 Å². The minimum absolute atomic E-state index is 0.0180.